The summed E-state index contributed by atoms with van der Waals surface area (Å²) in [6.07, 6.45) is -4.59. The molecule has 6 nitrogen and oxygen atoms in total. The summed E-state index contributed by atoms with van der Waals surface area (Å²) in [6.45, 7) is -0.0800. The molecular weight excluding hydrogens is 166 g/mol. The molecule has 0 rings (SSSR count). The van der Waals surface area contributed by atoms with Gasteiger partial charge in [0, 0.05) is 13.0 Å². The lowest BCUT2D eigenvalue weighted by Gasteiger charge is -2.16. The van der Waals surface area contributed by atoms with Gasteiger partial charge in [-0.2, -0.15) is 0 Å². The molecule has 0 aromatic carbocycles. The van der Waals surface area contributed by atoms with Gasteiger partial charge in [0.05, 0.1) is 12.2 Å². The summed E-state index contributed by atoms with van der Waals surface area (Å²) in [5, 5.41) is 34.8. The van der Waals surface area contributed by atoms with E-state index in [-0.39, 0.29) is 13.0 Å². The van der Waals surface area contributed by atoms with Gasteiger partial charge in [-0.25, -0.2) is 4.79 Å². The number of carboxylic acid groups (broad SMARTS) is 1. The number of aliphatic hydroxyl groups excluding tert-OH is 3. The first-order valence-corrected chi connectivity index (χ1v) is 3.46. The smallest absolute Gasteiger partial charge is 0.335 e. The summed E-state index contributed by atoms with van der Waals surface area (Å²) in [6, 6.07) is 0. The van der Waals surface area contributed by atoms with Crippen molar-refractivity contribution in [2.45, 2.75) is 24.7 Å². The Morgan fingerprint density at radius 3 is 2.17 bits per heavy atom. The second-order valence-corrected chi connectivity index (χ2v) is 2.48. The molecule has 0 aliphatic carbocycles. The normalized spacial score (nSPS) is 18.3. The molecule has 6 N–H and O–H groups in total. The lowest BCUT2D eigenvalue weighted by molar-refractivity contribution is -0.153. The maximum absolute atomic E-state index is 10.1. The Balaban J connectivity index is 3.86. The van der Waals surface area contributed by atoms with Gasteiger partial charge in [0.2, 0.25) is 0 Å². The van der Waals surface area contributed by atoms with Crippen LogP contribution in [-0.2, 0) is 4.79 Å². The number of aliphatic hydroxyl groups is 3. The van der Waals surface area contributed by atoms with Crippen molar-refractivity contribution in [1.82, 2.24) is 0 Å². The lowest BCUT2D eigenvalue weighted by atomic mass is 10.1. The van der Waals surface area contributed by atoms with Crippen molar-refractivity contribution in [3.05, 3.63) is 0 Å². The number of hydrogen-bond donors (Lipinski definition) is 5. The van der Waals surface area contributed by atoms with Crippen LogP contribution in [-0.4, -0.2) is 51.3 Å². The molecule has 72 valence electrons. The van der Waals surface area contributed by atoms with Gasteiger partial charge >= 0.3 is 5.97 Å². The van der Waals surface area contributed by atoms with Crippen molar-refractivity contribution in [3.63, 3.8) is 0 Å². The van der Waals surface area contributed by atoms with E-state index in [4.69, 9.17) is 26.2 Å². The predicted molar refractivity (Wildman–Crippen MR) is 39.3 cm³/mol. The highest BCUT2D eigenvalue weighted by molar-refractivity contribution is 5.72. The molecule has 0 saturated carbocycles. The van der Waals surface area contributed by atoms with E-state index in [9.17, 15) is 4.79 Å². The summed E-state index contributed by atoms with van der Waals surface area (Å²) in [5.74, 6) is -1.52. The van der Waals surface area contributed by atoms with Crippen molar-refractivity contribution < 1.29 is 25.2 Å². The molecule has 0 aliphatic heterocycles. The Kier molecular flexibility index (Phi) is 4.75. The molecule has 0 saturated heterocycles. The van der Waals surface area contributed by atoms with Crippen LogP contribution in [0.4, 0.5) is 0 Å². The standard InChI is InChI=1S/C6H13NO5/c7-2-3(8)1-4(9)5(10)6(11)12/h3-5,8-10H,1-2,7H2,(H,11,12)/t3-,4+,5+/m1/s1. The minimum Gasteiger partial charge on any atom is -0.479 e. The molecule has 12 heavy (non-hydrogen) atoms. The number of carboxylic acids is 1. The summed E-state index contributed by atoms with van der Waals surface area (Å²) < 4.78 is 0. The largest absolute Gasteiger partial charge is 0.479 e. The molecule has 0 radical (unpaired) electrons. The van der Waals surface area contributed by atoms with Gasteiger partial charge in [-0.3, -0.25) is 0 Å². The number of rotatable bonds is 5. The minimum atomic E-state index is -1.87. The second kappa shape index (κ2) is 5.04. The van der Waals surface area contributed by atoms with Crippen LogP contribution < -0.4 is 5.73 Å². The van der Waals surface area contributed by atoms with Crippen LogP contribution in [0.2, 0.25) is 0 Å². The van der Waals surface area contributed by atoms with Gasteiger partial charge in [0.25, 0.3) is 0 Å². The first-order valence-electron chi connectivity index (χ1n) is 3.46. The molecular formula is C6H13NO5. The number of aliphatic carboxylic acids is 1. The molecule has 0 amide bonds. The van der Waals surface area contributed by atoms with Crippen molar-refractivity contribution in [2.24, 2.45) is 5.73 Å². The Morgan fingerprint density at radius 2 is 1.83 bits per heavy atom. The van der Waals surface area contributed by atoms with Crippen molar-refractivity contribution >= 4 is 5.97 Å². The molecule has 3 atom stereocenters. The maximum Gasteiger partial charge on any atom is 0.335 e. The monoisotopic (exact) mass is 179 g/mol. The van der Waals surface area contributed by atoms with Gasteiger partial charge in [-0.15, -0.1) is 0 Å². The Bertz CT molecular complexity index is 151. The second-order valence-electron chi connectivity index (χ2n) is 2.48. The highest BCUT2D eigenvalue weighted by Crippen LogP contribution is 2.02. The zero-order chi connectivity index (χ0) is 9.72. The van der Waals surface area contributed by atoms with Gasteiger partial charge in [-0.1, -0.05) is 0 Å². The van der Waals surface area contributed by atoms with Crippen LogP contribution in [0.1, 0.15) is 6.42 Å². The fourth-order valence-corrected chi connectivity index (χ4v) is 0.668. The molecule has 0 unspecified atom stereocenters. The van der Waals surface area contributed by atoms with E-state index in [2.05, 4.69) is 0 Å². The minimum absolute atomic E-state index is 0.0800. The molecule has 0 bridgehead atoms. The van der Waals surface area contributed by atoms with E-state index < -0.39 is 24.3 Å². The third-order valence-electron chi connectivity index (χ3n) is 1.40. The number of carbonyl (C=O) groups is 1. The average molecular weight is 179 g/mol. The van der Waals surface area contributed by atoms with Crippen LogP contribution in [0.3, 0.4) is 0 Å². The first-order chi connectivity index (χ1) is 5.49. The third kappa shape index (κ3) is 3.63. The molecule has 0 spiro atoms. The number of nitrogens with two attached hydrogens (primary N) is 1. The SMILES string of the molecule is NC[C@H](O)C[C@H](O)[C@H](O)C(=O)O. The summed E-state index contributed by atoms with van der Waals surface area (Å²) >= 11 is 0. The molecule has 0 fully saturated rings. The van der Waals surface area contributed by atoms with E-state index in [0.29, 0.717) is 0 Å². The fourth-order valence-electron chi connectivity index (χ4n) is 0.668. The van der Waals surface area contributed by atoms with E-state index in [1.165, 1.54) is 0 Å². The summed E-state index contributed by atoms with van der Waals surface area (Å²) in [7, 11) is 0. The summed E-state index contributed by atoms with van der Waals surface area (Å²) in [4.78, 5) is 10.1. The van der Waals surface area contributed by atoms with E-state index in [1.807, 2.05) is 0 Å². The van der Waals surface area contributed by atoms with Crippen LogP contribution >= 0.6 is 0 Å². The van der Waals surface area contributed by atoms with Gasteiger partial charge in [0.1, 0.15) is 0 Å². The lowest BCUT2D eigenvalue weighted by Crippen LogP contribution is -2.37. The molecule has 0 aromatic heterocycles. The number of hydrogen-bond acceptors (Lipinski definition) is 5. The highest BCUT2D eigenvalue weighted by atomic mass is 16.4. The molecule has 0 heterocycles. The van der Waals surface area contributed by atoms with Crippen LogP contribution in [0.25, 0.3) is 0 Å². The van der Waals surface area contributed by atoms with Gasteiger partial charge in [0.15, 0.2) is 6.10 Å². The van der Waals surface area contributed by atoms with Crippen LogP contribution in [0.5, 0.6) is 0 Å². The Labute approximate surface area is 69.2 Å². The topological polar surface area (TPSA) is 124 Å². The highest BCUT2D eigenvalue weighted by Gasteiger charge is 2.25. The van der Waals surface area contributed by atoms with Gasteiger partial charge in [-0.05, 0) is 0 Å². The predicted octanol–water partition coefficient (Wildman–Crippen LogP) is -2.50. The average Bonchev–Trinajstić information content (AvgIpc) is 2.02. The maximum atomic E-state index is 10.1. The van der Waals surface area contributed by atoms with Crippen molar-refractivity contribution in [2.75, 3.05) is 6.54 Å². The van der Waals surface area contributed by atoms with Crippen LogP contribution in [0, 0.1) is 0 Å². The van der Waals surface area contributed by atoms with E-state index >= 15 is 0 Å². The Hall–Kier alpha value is -0.690. The first kappa shape index (κ1) is 11.3. The van der Waals surface area contributed by atoms with Crippen LogP contribution in [0.15, 0.2) is 0 Å². The van der Waals surface area contributed by atoms with Crippen molar-refractivity contribution in [3.8, 4) is 0 Å². The van der Waals surface area contributed by atoms with E-state index in [0.717, 1.165) is 0 Å². The van der Waals surface area contributed by atoms with E-state index in [1.54, 1.807) is 0 Å². The van der Waals surface area contributed by atoms with Gasteiger partial charge < -0.3 is 26.2 Å². The van der Waals surface area contributed by atoms with Crippen molar-refractivity contribution in [1.29, 1.82) is 0 Å². The molecule has 6 heteroatoms. The third-order valence-corrected chi connectivity index (χ3v) is 1.40. The zero-order valence-electron chi connectivity index (χ0n) is 6.42. The quantitative estimate of drug-likeness (QED) is 0.318. The molecule has 0 aromatic rings. The Morgan fingerprint density at radius 1 is 1.33 bits per heavy atom. The summed E-state index contributed by atoms with van der Waals surface area (Å²) in [5.41, 5.74) is 5.01. The fraction of sp³-hybridized carbons (Fsp3) is 0.833. The molecule has 0 aliphatic rings. The zero-order valence-corrected chi connectivity index (χ0v) is 6.42.